The molecular weight excluding hydrogens is 394 g/mol. The van der Waals surface area contributed by atoms with Crippen molar-refractivity contribution < 1.29 is 5.11 Å². The first-order valence-corrected chi connectivity index (χ1v) is 11.1. The molecule has 0 radical (unpaired) electrons. The second kappa shape index (κ2) is 7.98. The lowest BCUT2D eigenvalue weighted by molar-refractivity contribution is 0.186. The zero-order valence-corrected chi connectivity index (χ0v) is 17.6. The van der Waals surface area contributed by atoms with Gasteiger partial charge in [0.2, 0.25) is 0 Å². The molecule has 5 rings (SSSR count). The van der Waals surface area contributed by atoms with Crippen LogP contribution in [0.4, 0.5) is 5.82 Å². The summed E-state index contributed by atoms with van der Waals surface area (Å²) in [5.41, 5.74) is 10.2. The molecule has 1 saturated heterocycles. The van der Waals surface area contributed by atoms with Crippen LogP contribution in [0.2, 0.25) is 0 Å². The summed E-state index contributed by atoms with van der Waals surface area (Å²) in [5.74, 6) is 0.788. The van der Waals surface area contributed by atoms with E-state index in [4.69, 9.17) is 5.73 Å². The number of rotatable bonds is 4. The standard InChI is InChI=1S/C23H25N5OS/c24-21-18-4-2-1-3-16(18)13-23(21)7-11-28(12-8-23)22-19(15-29)27-20(14-26-22)30-17-5-9-25-10-6-17/h1-6,9-10,14,21,29H,7-8,11-13,15,24H2/t21-/m1/s1. The first-order chi connectivity index (χ1) is 14.7. The molecule has 2 aliphatic rings. The predicted molar refractivity (Wildman–Crippen MR) is 117 cm³/mol. The van der Waals surface area contributed by atoms with Crippen molar-refractivity contribution in [1.29, 1.82) is 0 Å². The van der Waals surface area contributed by atoms with Crippen LogP contribution in [0.1, 0.15) is 35.7 Å². The van der Waals surface area contributed by atoms with Crippen molar-refractivity contribution in [3.63, 3.8) is 0 Å². The molecule has 3 heterocycles. The average Bonchev–Trinajstić information content (AvgIpc) is 3.06. The largest absolute Gasteiger partial charge is 0.390 e. The van der Waals surface area contributed by atoms with E-state index >= 15 is 0 Å². The van der Waals surface area contributed by atoms with E-state index in [2.05, 4.69) is 44.1 Å². The van der Waals surface area contributed by atoms with Crippen LogP contribution in [0, 0.1) is 5.41 Å². The van der Waals surface area contributed by atoms with Gasteiger partial charge in [0.25, 0.3) is 0 Å². The molecule has 6 nitrogen and oxygen atoms in total. The number of benzene rings is 1. The highest BCUT2D eigenvalue weighted by Gasteiger charge is 2.46. The highest BCUT2D eigenvalue weighted by Crippen LogP contribution is 2.51. The smallest absolute Gasteiger partial charge is 0.152 e. The number of piperidine rings is 1. The van der Waals surface area contributed by atoms with E-state index in [0.717, 1.165) is 48.1 Å². The van der Waals surface area contributed by atoms with Crippen LogP contribution >= 0.6 is 11.8 Å². The molecule has 154 valence electrons. The monoisotopic (exact) mass is 419 g/mol. The molecule has 2 aromatic heterocycles. The van der Waals surface area contributed by atoms with Crippen LogP contribution < -0.4 is 10.6 Å². The molecular formula is C23H25N5OS. The SMILES string of the molecule is N[C@@H]1c2ccccc2CC12CCN(c1ncc(Sc3ccncc3)nc1CO)CC2. The van der Waals surface area contributed by atoms with Crippen LogP contribution in [-0.4, -0.2) is 33.1 Å². The first-order valence-electron chi connectivity index (χ1n) is 10.3. The molecule has 1 atom stereocenters. The molecule has 1 spiro atoms. The minimum Gasteiger partial charge on any atom is -0.390 e. The maximum absolute atomic E-state index is 9.94. The van der Waals surface area contributed by atoms with Crippen molar-refractivity contribution in [2.75, 3.05) is 18.0 Å². The Kier molecular flexibility index (Phi) is 5.18. The fraction of sp³-hybridized carbons (Fsp3) is 0.348. The van der Waals surface area contributed by atoms with Crippen molar-refractivity contribution >= 4 is 17.6 Å². The van der Waals surface area contributed by atoms with Gasteiger partial charge in [0, 0.05) is 36.4 Å². The number of aliphatic hydroxyl groups is 1. The van der Waals surface area contributed by atoms with Crippen LogP contribution in [0.15, 0.2) is 64.9 Å². The third kappa shape index (κ3) is 3.47. The van der Waals surface area contributed by atoms with E-state index in [9.17, 15) is 5.11 Å². The topological polar surface area (TPSA) is 88.2 Å². The highest BCUT2D eigenvalue weighted by molar-refractivity contribution is 7.99. The van der Waals surface area contributed by atoms with Crippen molar-refractivity contribution in [3.8, 4) is 0 Å². The predicted octanol–water partition coefficient (Wildman–Crippen LogP) is 3.36. The first kappa shape index (κ1) is 19.5. The maximum atomic E-state index is 9.94. The summed E-state index contributed by atoms with van der Waals surface area (Å²) in [7, 11) is 0. The number of nitrogens with two attached hydrogens (primary N) is 1. The van der Waals surface area contributed by atoms with Gasteiger partial charge in [0.1, 0.15) is 10.7 Å². The molecule has 3 N–H and O–H groups in total. The Bertz CT molecular complexity index is 1040. The average molecular weight is 420 g/mol. The summed E-state index contributed by atoms with van der Waals surface area (Å²) in [6.07, 6.45) is 8.39. The molecule has 1 aliphatic carbocycles. The van der Waals surface area contributed by atoms with Gasteiger partial charge in [-0.2, -0.15) is 0 Å². The molecule has 0 saturated carbocycles. The second-order valence-electron chi connectivity index (χ2n) is 8.12. The van der Waals surface area contributed by atoms with Crippen molar-refractivity contribution in [1.82, 2.24) is 15.0 Å². The van der Waals surface area contributed by atoms with Gasteiger partial charge in [0.05, 0.1) is 12.8 Å². The molecule has 3 aromatic rings. The zero-order chi connectivity index (χ0) is 20.6. The number of fused-ring (bicyclic) bond motifs is 1. The van der Waals surface area contributed by atoms with Gasteiger partial charge >= 0.3 is 0 Å². The third-order valence-corrected chi connectivity index (χ3v) is 7.39. The van der Waals surface area contributed by atoms with Gasteiger partial charge in [0.15, 0.2) is 5.82 Å². The van der Waals surface area contributed by atoms with E-state index in [-0.39, 0.29) is 18.1 Å². The van der Waals surface area contributed by atoms with Gasteiger partial charge in [-0.3, -0.25) is 4.98 Å². The van der Waals surface area contributed by atoms with Gasteiger partial charge < -0.3 is 15.7 Å². The molecule has 7 heteroatoms. The molecule has 0 amide bonds. The number of nitrogens with zero attached hydrogens (tertiary/aromatic N) is 4. The fourth-order valence-corrected chi connectivity index (χ4v) is 5.58. The Hall–Kier alpha value is -2.48. The third-order valence-electron chi connectivity index (χ3n) is 6.47. The van der Waals surface area contributed by atoms with Crippen LogP contribution in [0.5, 0.6) is 0 Å². The molecule has 0 bridgehead atoms. The van der Waals surface area contributed by atoms with Gasteiger partial charge in [-0.1, -0.05) is 36.0 Å². The number of aliphatic hydroxyl groups excluding tert-OH is 1. The molecule has 1 aromatic carbocycles. The van der Waals surface area contributed by atoms with E-state index in [1.165, 1.54) is 22.9 Å². The van der Waals surface area contributed by atoms with E-state index in [0.29, 0.717) is 5.69 Å². The summed E-state index contributed by atoms with van der Waals surface area (Å²) in [6.45, 7) is 1.63. The normalized spacial score (nSPS) is 19.8. The van der Waals surface area contributed by atoms with Gasteiger partial charge in [-0.25, -0.2) is 9.97 Å². The fourth-order valence-electron chi connectivity index (χ4n) is 4.82. The van der Waals surface area contributed by atoms with Gasteiger partial charge in [-0.05, 0) is 47.9 Å². The minimum absolute atomic E-state index is 0.0957. The Labute approximate surface area is 180 Å². The quantitative estimate of drug-likeness (QED) is 0.670. The Balaban J connectivity index is 1.32. The lowest BCUT2D eigenvalue weighted by Gasteiger charge is -2.42. The number of hydrogen-bond acceptors (Lipinski definition) is 7. The van der Waals surface area contributed by atoms with Gasteiger partial charge in [-0.15, -0.1) is 0 Å². The molecule has 1 aliphatic heterocycles. The summed E-state index contributed by atoms with van der Waals surface area (Å²) < 4.78 is 0. The van der Waals surface area contributed by atoms with E-state index in [1.807, 2.05) is 12.1 Å². The number of aromatic nitrogens is 3. The van der Waals surface area contributed by atoms with Crippen molar-refractivity contribution in [3.05, 3.63) is 71.8 Å². The zero-order valence-electron chi connectivity index (χ0n) is 16.7. The summed E-state index contributed by atoms with van der Waals surface area (Å²) in [5, 5.41) is 10.7. The number of hydrogen-bond donors (Lipinski definition) is 2. The molecule has 0 unspecified atom stereocenters. The number of anilines is 1. The van der Waals surface area contributed by atoms with E-state index < -0.39 is 0 Å². The van der Waals surface area contributed by atoms with E-state index in [1.54, 1.807) is 18.6 Å². The Morgan fingerprint density at radius 2 is 1.90 bits per heavy atom. The van der Waals surface area contributed by atoms with Crippen LogP contribution in [-0.2, 0) is 13.0 Å². The highest BCUT2D eigenvalue weighted by atomic mass is 32.2. The summed E-state index contributed by atoms with van der Waals surface area (Å²) >= 11 is 1.52. The Morgan fingerprint density at radius 3 is 2.63 bits per heavy atom. The summed E-state index contributed by atoms with van der Waals surface area (Å²) in [4.78, 5) is 16.7. The van der Waals surface area contributed by atoms with Crippen LogP contribution in [0.3, 0.4) is 0 Å². The molecule has 1 fully saturated rings. The van der Waals surface area contributed by atoms with Crippen molar-refractivity contribution in [2.24, 2.45) is 11.1 Å². The van der Waals surface area contributed by atoms with Crippen LogP contribution in [0.25, 0.3) is 0 Å². The lowest BCUT2D eigenvalue weighted by Crippen LogP contribution is -2.45. The number of pyridine rings is 1. The second-order valence-corrected chi connectivity index (χ2v) is 9.22. The lowest BCUT2D eigenvalue weighted by atomic mass is 9.73. The summed E-state index contributed by atoms with van der Waals surface area (Å²) in [6, 6.07) is 12.5. The van der Waals surface area contributed by atoms with Crippen molar-refractivity contribution in [2.45, 2.75) is 41.8 Å². The Morgan fingerprint density at radius 1 is 1.13 bits per heavy atom. The molecule has 30 heavy (non-hydrogen) atoms. The maximum Gasteiger partial charge on any atom is 0.152 e. The minimum atomic E-state index is -0.125.